The van der Waals surface area contributed by atoms with E-state index >= 15 is 0 Å². The van der Waals surface area contributed by atoms with Crippen molar-refractivity contribution in [1.82, 2.24) is 0 Å². The first-order valence-corrected chi connectivity index (χ1v) is 4.82. The second kappa shape index (κ2) is 5.00. The van der Waals surface area contributed by atoms with E-state index < -0.39 is 0 Å². The van der Waals surface area contributed by atoms with Crippen molar-refractivity contribution in [2.24, 2.45) is 5.92 Å². The first-order valence-electron chi connectivity index (χ1n) is 4.82. The van der Waals surface area contributed by atoms with Crippen molar-refractivity contribution in [3.05, 3.63) is 6.42 Å². The third-order valence-corrected chi connectivity index (χ3v) is 2.16. The normalized spacial score (nSPS) is 22.1. The molecule has 0 N–H and O–H groups in total. The summed E-state index contributed by atoms with van der Waals surface area (Å²) >= 11 is 0. The van der Waals surface area contributed by atoms with Crippen LogP contribution in [0.25, 0.3) is 0 Å². The Bertz CT molecular complexity index is 198. The second-order valence-electron chi connectivity index (χ2n) is 3.34. The molecule has 1 aliphatic heterocycles. The van der Waals surface area contributed by atoms with Crippen molar-refractivity contribution in [1.29, 1.82) is 0 Å². The number of cyclic esters (lactones) is 2. The molecule has 1 fully saturated rings. The van der Waals surface area contributed by atoms with E-state index in [0.717, 1.165) is 12.8 Å². The number of hydrogen-bond donors (Lipinski definition) is 0. The van der Waals surface area contributed by atoms with Crippen molar-refractivity contribution in [3.63, 3.8) is 0 Å². The smallest absolute Gasteiger partial charge is 0.317 e. The molecule has 1 aliphatic rings. The Kier molecular flexibility index (Phi) is 3.93. The topological polar surface area (TPSA) is 43.4 Å². The van der Waals surface area contributed by atoms with Crippen LogP contribution in [0.1, 0.15) is 39.0 Å². The summed E-state index contributed by atoms with van der Waals surface area (Å²) in [5.41, 5.74) is 0. The van der Waals surface area contributed by atoms with Gasteiger partial charge in [0.1, 0.15) is 0 Å². The van der Waals surface area contributed by atoms with Crippen LogP contribution >= 0.6 is 0 Å². The lowest BCUT2D eigenvalue weighted by molar-refractivity contribution is -0.152. The lowest BCUT2D eigenvalue weighted by Gasteiger charge is -2.02. The van der Waals surface area contributed by atoms with Gasteiger partial charge in [0.2, 0.25) is 0 Å². The van der Waals surface area contributed by atoms with Crippen LogP contribution in [-0.2, 0) is 14.3 Å². The van der Waals surface area contributed by atoms with Crippen LogP contribution in [-0.4, -0.2) is 11.9 Å². The fraction of sp³-hybridized carbons (Fsp3) is 0.700. The fourth-order valence-electron chi connectivity index (χ4n) is 1.39. The highest BCUT2D eigenvalue weighted by atomic mass is 16.6. The van der Waals surface area contributed by atoms with E-state index in [2.05, 4.69) is 11.7 Å². The van der Waals surface area contributed by atoms with Crippen molar-refractivity contribution in [3.8, 4) is 0 Å². The quantitative estimate of drug-likeness (QED) is 0.371. The molecule has 0 spiro atoms. The van der Waals surface area contributed by atoms with Crippen molar-refractivity contribution in [2.45, 2.75) is 39.0 Å². The third kappa shape index (κ3) is 3.17. The molecule has 0 bridgehead atoms. The van der Waals surface area contributed by atoms with Crippen LogP contribution in [0.15, 0.2) is 0 Å². The summed E-state index contributed by atoms with van der Waals surface area (Å²) in [7, 11) is 0. The maximum absolute atomic E-state index is 11.0. The molecule has 0 saturated carbocycles. The minimum Gasteiger partial charge on any atom is -0.393 e. The number of carbonyl (C=O) groups excluding carboxylic acids is 2. The molecule has 0 aromatic carbocycles. The van der Waals surface area contributed by atoms with E-state index in [-0.39, 0.29) is 24.3 Å². The molecule has 1 atom stereocenters. The monoisotopic (exact) mass is 183 g/mol. The van der Waals surface area contributed by atoms with Crippen LogP contribution < -0.4 is 0 Å². The standard InChI is InChI=1S/C10H15O3/c1-2-3-4-5-6-8-7-9(11)13-10(8)12/h6,8H,2-5,7H2,1H3. The summed E-state index contributed by atoms with van der Waals surface area (Å²) < 4.78 is 4.42. The molecule has 1 rings (SSSR count). The van der Waals surface area contributed by atoms with Crippen molar-refractivity contribution in [2.75, 3.05) is 0 Å². The van der Waals surface area contributed by atoms with E-state index in [1.807, 2.05) is 6.42 Å². The number of esters is 2. The highest BCUT2D eigenvalue weighted by molar-refractivity contribution is 5.95. The predicted octanol–water partition coefficient (Wildman–Crippen LogP) is 1.86. The van der Waals surface area contributed by atoms with E-state index in [9.17, 15) is 9.59 Å². The molecule has 1 radical (unpaired) electrons. The van der Waals surface area contributed by atoms with Gasteiger partial charge in [-0.3, -0.25) is 9.59 Å². The summed E-state index contributed by atoms with van der Waals surface area (Å²) in [6, 6.07) is 0. The summed E-state index contributed by atoms with van der Waals surface area (Å²) in [4.78, 5) is 21.7. The molecule has 1 saturated heterocycles. The largest absolute Gasteiger partial charge is 0.393 e. The molecule has 0 aliphatic carbocycles. The van der Waals surface area contributed by atoms with E-state index in [1.54, 1.807) is 0 Å². The molecule has 0 amide bonds. The zero-order valence-electron chi connectivity index (χ0n) is 7.91. The highest BCUT2D eigenvalue weighted by Gasteiger charge is 2.32. The average molecular weight is 183 g/mol. The van der Waals surface area contributed by atoms with Gasteiger partial charge in [-0.05, 0) is 12.8 Å². The molecule has 0 aromatic heterocycles. The summed E-state index contributed by atoms with van der Waals surface area (Å²) in [5.74, 6) is -1.03. The third-order valence-electron chi connectivity index (χ3n) is 2.16. The molecule has 3 heteroatoms. The number of carbonyl (C=O) groups is 2. The van der Waals surface area contributed by atoms with Crippen LogP contribution in [0.4, 0.5) is 0 Å². The Hall–Kier alpha value is -0.860. The Morgan fingerprint density at radius 3 is 2.77 bits per heavy atom. The average Bonchev–Trinajstić information content (AvgIpc) is 2.39. The Labute approximate surface area is 78.5 Å². The first kappa shape index (κ1) is 10.2. The minimum atomic E-state index is -0.387. The predicted molar refractivity (Wildman–Crippen MR) is 47.6 cm³/mol. The number of ether oxygens (including phenoxy) is 1. The molecule has 3 nitrogen and oxygen atoms in total. The molecule has 13 heavy (non-hydrogen) atoms. The maximum Gasteiger partial charge on any atom is 0.317 e. The minimum absolute atomic E-state index is 0.241. The van der Waals surface area contributed by atoms with Gasteiger partial charge in [0.15, 0.2) is 0 Å². The lowest BCUT2D eigenvalue weighted by atomic mass is 9.99. The zero-order chi connectivity index (χ0) is 9.68. The van der Waals surface area contributed by atoms with Crippen LogP contribution in [0.5, 0.6) is 0 Å². The van der Waals surface area contributed by atoms with E-state index in [0.29, 0.717) is 0 Å². The summed E-state index contributed by atoms with van der Waals surface area (Å²) in [6.07, 6.45) is 6.48. The molecular weight excluding hydrogens is 168 g/mol. The van der Waals surface area contributed by atoms with Gasteiger partial charge < -0.3 is 4.74 Å². The number of unbranched alkanes of at least 4 members (excludes halogenated alkanes) is 3. The molecule has 73 valence electrons. The van der Waals surface area contributed by atoms with Gasteiger partial charge >= 0.3 is 11.9 Å². The first-order chi connectivity index (χ1) is 6.24. The number of rotatable bonds is 5. The maximum atomic E-state index is 11.0. The van der Waals surface area contributed by atoms with Crippen molar-refractivity contribution < 1.29 is 14.3 Å². The SMILES string of the molecule is CCCCC[CH]C1CC(=O)OC1=O. The molecule has 1 unspecified atom stereocenters. The summed E-state index contributed by atoms with van der Waals surface area (Å²) in [6.45, 7) is 2.13. The lowest BCUT2D eigenvalue weighted by Crippen LogP contribution is -2.07. The molecule has 1 heterocycles. The second-order valence-corrected chi connectivity index (χ2v) is 3.34. The van der Waals surface area contributed by atoms with Gasteiger partial charge in [-0.2, -0.15) is 0 Å². The Morgan fingerprint density at radius 1 is 1.46 bits per heavy atom. The van der Waals surface area contributed by atoms with Crippen LogP contribution in [0.2, 0.25) is 0 Å². The number of hydrogen-bond acceptors (Lipinski definition) is 3. The zero-order valence-corrected chi connectivity index (χ0v) is 7.91. The van der Waals surface area contributed by atoms with Gasteiger partial charge in [0.05, 0.1) is 12.3 Å². The van der Waals surface area contributed by atoms with Crippen molar-refractivity contribution >= 4 is 11.9 Å². The van der Waals surface area contributed by atoms with Crippen LogP contribution in [0, 0.1) is 12.3 Å². The molecule has 0 aromatic rings. The highest BCUT2D eigenvalue weighted by Crippen LogP contribution is 2.21. The fourth-order valence-corrected chi connectivity index (χ4v) is 1.39. The van der Waals surface area contributed by atoms with Gasteiger partial charge in [-0.15, -0.1) is 0 Å². The van der Waals surface area contributed by atoms with Gasteiger partial charge in [-0.25, -0.2) is 0 Å². The van der Waals surface area contributed by atoms with Gasteiger partial charge in [0, 0.05) is 0 Å². The van der Waals surface area contributed by atoms with E-state index in [1.165, 1.54) is 12.8 Å². The van der Waals surface area contributed by atoms with Gasteiger partial charge in [0.25, 0.3) is 0 Å². The van der Waals surface area contributed by atoms with Crippen LogP contribution in [0.3, 0.4) is 0 Å². The Morgan fingerprint density at radius 2 is 2.23 bits per heavy atom. The van der Waals surface area contributed by atoms with E-state index in [4.69, 9.17) is 0 Å². The Balaban J connectivity index is 2.14. The molecular formula is C10H15O3. The summed E-state index contributed by atoms with van der Waals surface area (Å²) in [5, 5.41) is 0. The van der Waals surface area contributed by atoms with Gasteiger partial charge in [-0.1, -0.05) is 26.2 Å².